The van der Waals surface area contributed by atoms with Crippen LogP contribution in [0.2, 0.25) is 5.02 Å². The van der Waals surface area contributed by atoms with Gasteiger partial charge in [-0.05, 0) is 30.7 Å². The molecule has 1 amide bonds. The molecule has 1 heterocycles. The van der Waals surface area contributed by atoms with Crippen molar-refractivity contribution in [2.24, 2.45) is 4.99 Å². The van der Waals surface area contributed by atoms with Crippen LogP contribution in [-0.4, -0.2) is 23.7 Å². The van der Waals surface area contributed by atoms with Gasteiger partial charge in [0.1, 0.15) is 5.82 Å². The fourth-order valence-electron chi connectivity index (χ4n) is 2.62. The maximum absolute atomic E-state index is 14.3. The average Bonchev–Trinajstić information content (AvgIpc) is 2.98. The van der Waals surface area contributed by atoms with Gasteiger partial charge in [0.2, 0.25) is 0 Å². The molecular formula is C20H17ClF2N2O2S. The van der Waals surface area contributed by atoms with E-state index in [1.807, 2.05) is 6.92 Å². The summed E-state index contributed by atoms with van der Waals surface area (Å²) >= 11 is 7.11. The molecule has 0 spiro atoms. The largest absolute Gasteiger partial charge is 0.380 e. The molecule has 4 nitrogen and oxygen atoms in total. The zero-order chi connectivity index (χ0) is 20.1. The van der Waals surface area contributed by atoms with Crippen LogP contribution in [0.1, 0.15) is 12.5 Å². The summed E-state index contributed by atoms with van der Waals surface area (Å²) in [5.74, 6) is -1.92. The number of amides is 1. The number of fused-ring (bicyclic) bond motifs is 1. The minimum absolute atomic E-state index is 0.202. The van der Waals surface area contributed by atoms with Crippen molar-refractivity contribution < 1.29 is 18.3 Å². The summed E-state index contributed by atoms with van der Waals surface area (Å²) in [5, 5.41) is 0.512. The Bertz CT molecular complexity index is 1110. The van der Waals surface area contributed by atoms with Crippen LogP contribution >= 0.6 is 22.9 Å². The zero-order valence-electron chi connectivity index (χ0n) is 15.0. The number of carbonyl (C=O) groups excluding carboxylic acids is 1. The molecule has 146 valence electrons. The lowest BCUT2D eigenvalue weighted by atomic mass is 10.2. The van der Waals surface area contributed by atoms with E-state index < -0.39 is 17.5 Å². The van der Waals surface area contributed by atoms with Gasteiger partial charge >= 0.3 is 0 Å². The third-order valence-electron chi connectivity index (χ3n) is 3.88. The van der Waals surface area contributed by atoms with Gasteiger partial charge in [0, 0.05) is 30.3 Å². The fraction of sp³-hybridized carbons (Fsp3) is 0.200. The topological polar surface area (TPSA) is 43.6 Å². The number of halogens is 3. The molecule has 0 N–H and O–H groups in total. The predicted molar refractivity (Wildman–Crippen MR) is 107 cm³/mol. The van der Waals surface area contributed by atoms with Crippen LogP contribution in [-0.2, 0) is 16.1 Å². The number of ether oxygens (including phenoxy) is 1. The maximum Gasteiger partial charge on any atom is 0.272 e. The van der Waals surface area contributed by atoms with E-state index >= 15 is 0 Å². The summed E-state index contributed by atoms with van der Waals surface area (Å²) in [6, 6.07) is 9.12. The van der Waals surface area contributed by atoms with E-state index in [1.54, 1.807) is 30.3 Å². The number of carbonyl (C=O) groups is 1. The first-order chi connectivity index (χ1) is 13.5. The monoisotopic (exact) mass is 422 g/mol. The van der Waals surface area contributed by atoms with Gasteiger partial charge in [0.25, 0.3) is 5.91 Å². The van der Waals surface area contributed by atoms with Crippen molar-refractivity contribution in [3.05, 3.63) is 69.5 Å². The summed E-state index contributed by atoms with van der Waals surface area (Å²) in [6.45, 7) is 2.96. The minimum atomic E-state index is -0.705. The Hall–Kier alpha value is -2.35. The van der Waals surface area contributed by atoms with Crippen molar-refractivity contribution >= 4 is 45.1 Å². The Morgan fingerprint density at radius 3 is 2.86 bits per heavy atom. The Labute approximate surface area is 169 Å². The molecule has 3 aromatic rings. The van der Waals surface area contributed by atoms with Crippen LogP contribution in [0.25, 0.3) is 16.3 Å². The number of rotatable bonds is 6. The Balaban J connectivity index is 2.00. The lowest BCUT2D eigenvalue weighted by molar-refractivity contribution is -0.113. The van der Waals surface area contributed by atoms with Gasteiger partial charge in [-0.3, -0.25) is 4.79 Å². The van der Waals surface area contributed by atoms with E-state index in [1.165, 1.54) is 16.7 Å². The quantitative estimate of drug-likeness (QED) is 0.422. The van der Waals surface area contributed by atoms with E-state index in [-0.39, 0.29) is 16.9 Å². The standard InChI is InChI=1S/C20H17ClF2N2O2S/c1-2-27-10-9-25-19-16(23)11-14(22)12-17(19)28-20(25)24-18(26)8-7-13-5-3-4-6-15(13)21/h3-8,11-12H,2,9-10H2,1H3. The molecule has 0 aliphatic carbocycles. The summed E-state index contributed by atoms with van der Waals surface area (Å²) in [5.41, 5.74) is 0.883. The molecule has 0 aliphatic rings. The van der Waals surface area contributed by atoms with E-state index in [0.717, 1.165) is 17.4 Å². The molecule has 0 fully saturated rings. The number of hydrogen-bond donors (Lipinski definition) is 0. The van der Waals surface area contributed by atoms with Crippen molar-refractivity contribution in [1.82, 2.24) is 4.57 Å². The lowest BCUT2D eigenvalue weighted by Gasteiger charge is -2.06. The molecule has 0 bridgehead atoms. The molecule has 0 aliphatic heterocycles. The van der Waals surface area contributed by atoms with Gasteiger partial charge in [-0.1, -0.05) is 41.1 Å². The van der Waals surface area contributed by atoms with Gasteiger partial charge in [-0.2, -0.15) is 4.99 Å². The highest BCUT2D eigenvalue weighted by atomic mass is 35.5. The minimum Gasteiger partial charge on any atom is -0.380 e. The molecule has 0 saturated heterocycles. The first-order valence-electron chi connectivity index (χ1n) is 8.57. The van der Waals surface area contributed by atoms with Crippen LogP contribution in [0.4, 0.5) is 8.78 Å². The van der Waals surface area contributed by atoms with E-state index in [9.17, 15) is 13.6 Å². The number of nitrogens with zero attached hydrogens (tertiary/aromatic N) is 2. The van der Waals surface area contributed by atoms with Crippen molar-refractivity contribution in [1.29, 1.82) is 0 Å². The van der Waals surface area contributed by atoms with E-state index in [0.29, 0.717) is 28.5 Å². The number of aromatic nitrogens is 1. The second-order valence-corrected chi connectivity index (χ2v) is 7.19. The van der Waals surface area contributed by atoms with Gasteiger partial charge in [-0.15, -0.1) is 0 Å². The first-order valence-corrected chi connectivity index (χ1v) is 9.76. The Kier molecular flexibility index (Phi) is 6.72. The number of thiazole rings is 1. The van der Waals surface area contributed by atoms with Crippen LogP contribution in [0.15, 0.2) is 47.5 Å². The van der Waals surface area contributed by atoms with Crippen LogP contribution in [0.3, 0.4) is 0 Å². The second-order valence-electron chi connectivity index (χ2n) is 5.77. The van der Waals surface area contributed by atoms with Crippen molar-refractivity contribution in [3.63, 3.8) is 0 Å². The molecule has 28 heavy (non-hydrogen) atoms. The summed E-state index contributed by atoms with van der Waals surface area (Å²) < 4.78 is 35.1. The van der Waals surface area contributed by atoms with Gasteiger partial charge in [-0.25, -0.2) is 8.78 Å². The molecule has 0 saturated carbocycles. The third kappa shape index (κ3) is 4.73. The van der Waals surface area contributed by atoms with E-state index in [2.05, 4.69) is 4.99 Å². The highest BCUT2D eigenvalue weighted by Crippen LogP contribution is 2.22. The third-order valence-corrected chi connectivity index (χ3v) is 5.24. The fourth-order valence-corrected chi connectivity index (χ4v) is 3.92. The molecule has 0 radical (unpaired) electrons. The van der Waals surface area contributed by atoms with Crippen molar-refractivity contribution in [3.8, 4) is 0 Å². The highest BCUT2D eigenvalue weighted by Gasteiger charge is 2.13. The van der Waals surface area contributed by atoms with Gasteiger partial charge < -0.3 is 9.30 Å². The van der Waals surface area contributed by atoms with Gasteiger partial charge in [0.15, 0.2) is 10.6 Å². The summed E-state index contributed by atoms with van der Waals surface area (Å²) in [7, 11) is 0. The molecule has 0 atom stereocenters. The highest BCUT2D eigenvalue weighted by molar-refractivity contribution is 7.16. The molecular weight excluding hydrogens is 406 g/mol. The lowest BCUT2D eigenvalue weighted by Crippen LogP contribution is -2.19. The number of hydrogen-bond acceptors (Lipinski definition) is 3. The SMILES string of the molecule is CCOCCn1c(=NC(=O)C=Cc2ccccc2Cl)sc2cc(F)cc(F)c21. The molecule has 1 aromatic heterocycles. The first kappa shape index (κ1) is 20.4. The molecule has 8 heteroatoms. The molecule has 3 rings (SSSR count). The summed E-state index contributed by atoms with van der Waals surface area (Å²) in [4.78, 5) is 16.6. The van der Waals surface area contributed by atoms with Crippen LogP contribution in [0.5, 0.6) is 0 Å². The van der Waals surface area contributed by atoms with Crippen LogP contribution in [0, 0.1) is 11.6 Å². The van der Waals surface area contributed by atoms with Crippen molar-refractivity contribution in [2.75, 3.05) is 13.2 Å². The summed E-state index contributed by atoms with van der Waals surface area (Å²) in [6.07, 6.45) is 2.85. The molecule has 2 aromatic carbocycles. The van der Waals surface area contributed by atoms with Gasteiger partial charge in [0.05, 0.1) is 16.8 Å². The smallest absolute Gasteiger partial charge is 0.272 e. The predicted octanol–water partition coefficient (Wildman–Crippen LogP) is 4.81. The maximum atomic E-state index is 14.3. The Morgan fingerprint density at radius 2 is 2.11 bits per heavy atom. The van der Waals surface area contributed by atoms with E-state index in [4.69, 9.17) is 16.3 Å². The number of benzene rings is 2. The van der Waals surface area contributed by atoms with Crippen molar-refractivity contribution in [2.45, 2.75) is 13.5 Å². The zero-order valence-corrected chi connectivity index (χ0v) is 16.6. The average molecular weight is 423 g/mol. The molecule has 0 unspecified atom stereocenters. The normalized spacial score (nSPS) is 12.4. The van der Waals surface area contributed by atoms with Crippen LogP contribution < -0.4 is 4.80 Å². The second kappa shape index (κ2) is 9.23. The Morgan fingerprint density at radius 1 is 1.32 bits per heavy atom.